The summed E-state index contributed by atoms with van der Waals surface area (Å²) in [7, 11) is 0. The Morgan fingerprint density at radius 1 is 1.89 bits per heavy atom. The number of amidine groups is 1. The molecule has 1 aliphatic rings. The summed E-state index contributed by atoms with van der Waals surface area (Å²) in [6.07, 6.45) is 0.765. The van der Waals surface area contributed by atoms with Gasteiger partial charge in [0.1, 0.15) is 5.84 Å². The Bertz CT molecular complexity index is 173. The van der Waals surface area contributed by atoms with Crippen molar-refractivity contribution in [3.05, 3.63) is 11.8 Å². The summed E-state index contributed by atoms with van der Waals surface area (Å²) in [6.45, 7) is 1.82. The summed E-state index contributed by atoms with van der Waals surface area (Å²) in [5.74, 6) is 0.390. The summed E-state index contributed by atoms with van der Waals surface area (Å²) >= 11 is 0. The molecule has 0 spiro atoms. The third kappa shape index (κ3) is 1.20. The Kier molecular flexibility index (Phi) is 1.40. The molecule has 0 aromatic heterocycles. The van der Waals surface area contributed by atoms with E-state index in [4.69, 9.17) is 10.8 Å². The molecule has 1 aliphatic heterocycles. The number of nitrogens with one attached hydrogen (secondary N) is 1. The van der Waals surface area contributed by atoms with E-state index in [1.807, 2.05) is 6.92 Å². The standard InChI is InChI=1S/C5H9N3O/c1-3-2-7-5(9)8-4(3)6/h2,5,7,9H,1H3,(H2,6,8). The molecule has 4 heteroatoms. The predicted molar refractivity (Wildman–Crippen MR) is 34.5 cm³/mol. The second-order valence-corrected chi connectivity index (χ2v) is 1.88. The van der Waals surface area contributed by atoms with Crippen LogP contribution in [0, 0.1) is 0 Å². The van der Waals surface area contributed by atoms with Crippen LogP contribution in [0.3, 0.4) is 0 Å². The number of hydrogen-bond donors (Lipinski definition) is 3. The molecule has 0 fully saturated rings. The zero-order valence-electron chi connectivity index (χ0n) is 5.13. The molecule has 1 atom stereocenters. The quantitative estimate of drug-likeness (QED) is 0.396. The Morgan fingerprint density at radius 2 is 2.56 bits per heavy atom. The normalized spacial score (nSPS) is 26.2. The average Bonchev–Trinajstić information content (AvgIpc) is 1.80. The molecule has 0 aromatic rings. The van der Waals surface area contributed by atoms with E-state index in [-0.39, 0.29) is 0 Å². The van der Waals surface area contributed by atoms with Crippen LogP contribution in [0.2, 0.25) is 0 Å². The maximum Gasteiger partial charge on any atom is 0.224 e. The molecular weight excluding hydrogens is 118 g/mol. The van der Waals surface area contributed by atoms with Gasteiger partial charge in [0.15, 0.2) is 0 Å². The summed E-state index contributed by atoms with van der Waals surface area (Å²) in [5.41, 5.74) is 6.20. The topological polar surface area (TPSA) is 70.6 Å². The van der Waals surface area contributed by atoms with Gasteiger partial charge in [0.25, 0.3) is 0 Å². The molecule has 0 aromatic carbocycles. The highest BCUT2D eigenvalue weighted by Gasteiger charge is 2.06. The zero-order valence-corrected chi connectivity index (χ0v) is 5.13. The van der Waals surface area contributed by atoms with Gasteiger partial charge >= 0.3 is 0 Å². The van der Waals surface area contributed by atoms with Gasteiger partial charge in [0.2, 0.25) is 6.35 Å². The van der Waals surface area contributed by atoms with Crippen molar-refractivity contribution in [3.8, 4) is 0 Å². The Hall–Kier alpha value is -1.03. The lowest BCUT2D eigenvalue weighted by molar-refractivity contribution is 0.161. The minimum atomic E-state index is -0.867. The van der Waals surface area contributed by atoms with Crippen LogP contribution < -0.4 is 11.1 Å². The number of aliphatic hydroxyl groups is 1. The Labute approximate surface area is 53.1 Å². The van der Waals surface area contributed by atoms with Gasteiger partial charge in [-0.15, -0.1) is 0 Å². The third-order valence-corrected chi connectivity index (χ3v) is 1.11. The number of hydrogen-bond acceptors (Lipinski definition) is 4. The summed E-state index contributed by atoms with van der Waals surface area (Å²) in [4.78, 5) is 3.63. The van der Waals surface area contributed by atoms with E-state index in [9.17, 15) is 0 Å². The maximum absolute atomic E-state index is 8.77. The van der Waals surface area contributed by atoms with E-state index in [1.165, 1.54) is 0 Å². The van der Waals surface area contributed by atoms with Crippen molar-refractivity contribution < 1.29 is 5.11 Å². The molecule has 4 N–H and O–H groups in total. The SMILES string of the molecule is CC1=CNC(O)N=C1N. The molecule has 50 valence electrons. The first-order valence-electron chi connectivity index (χ1n) is 2.64. The molecule has 0 bridgehead atoms. The molecule has 0 saturated carbocycles. The number of nitrogens with two attached hydrogens (primary N) is 1. The summed E-state index contributed by atoms with van der Waals surface area (Å²) in [5, 5.41) is 11.4. The monoisotopic (exact) mass is 127 g/mol. The molecule has 1 heterocycles. The van der Waals surface area contributed by atoms with E-state index >= 15 is 0 Å². The van der Waals surface area contributed by atoms with E-state index in [2.05, 4.69) is 10.3 Å². The van der Waals surface area contributed by atoms with Crippen LogP contribution in [0.4, 0.5) is 0 Å². The predicted octanol–water partition coefficient (Wildman–Crippen LogP) is -0.874. The first-order chi connectivity index (χ1) is 4.20. The average molecular weight is 127 g/mol. The number of rotatable bonds is 0. The third-order valence-electron chi connectivity index (χ3n) is 1.11. The van der Waals surface area contributed by atoms with Crippen LogP contribution in [0.1, 0.15) is 6.92 Å². The minimum Gasteiger partial charge on any atom is -0.384 e. The fourth-order valence-corrected chi connectivity index (χ4v) is 0.544. The highest BCUT2D eigenvalue weighted by Crippen LogP contribution is 1.97. The van der Waals surface area contributed by atoms with Crippen LogP contribution >= 0.6 is 0 Å². The zero-order chi connectivity index (χ0) is 6.85. The molecular formula is C5H9N3O. The molecule has 0 aliphatic carbocycles. The van der Waals surface area contributed by atoms with Crippen molar-refractivity contribution >= 4 is 5.84 Å². The highest BCUT2D eigenvalue weighted by molar-refractivity contribution is 5.96. The summed E-state index contributed by atoms with van der Waals surface area (Å²) < 4.78 is 0. The lowest BCUT2D eigenvalue weighted by Gasteiger charge is -2.13. The van der Waals surface area contributed by atoms with Gasteiger partial charge in [0, 0.05) is 11.8 Å². The van der Waals surface area contributed by atoms with Crippen LogP contribution in [0.25, 0.3) is 0 Å². The molecule has 0 radical (unpaired) electrons. The van der Waals surface area contributed by atoms with Gasteiger partial charge in [-0.1, -0.05) is 0 Å². The van der Waals surface area contributed by atoms with Crippen LogP contribution in [-0.4, -0.2) is 17.3 Å². The Morgan fingerprint density at radius 3 is 3.00 bits per heavy atom. The van der Waals surface area contributed by atoms with E-state index in [0.29, 0.717) is 5.84 Å². The van der Waals surface area contributed by atoms with E-state index in [0.717, 1.165) is 5.57 Å². The Balaban J connectivity index is 2.75. The number of nitrogens with zero attached hydrogens (tertiary/aromatic N) is 1. The van der Waals surface area contributed by atoms with Gasteiger partial charge in [-0.3, -0.25) is 0 Å². The van der Waals surface area contributed by atoms with Gasteiger partial charge in [-0.05, 0) is 6.92 Å². The van der Waals surface area contributed by atoms with Crippen molar-refractivity contribution in [2.24, 2.45) is 10.7 Å². The maximum atomic E-state index is 8.77. The van der Waals surface area contributed by atoms with E-state index in [1.54, 1.807) is 6.20 Å². The van der Waals surface area contributed by atoms with Crippen molar-refractivity contribution in [1.29, 1.82) is 0 Å². The van der Waals surface area contributed by atoms with Gasteiger partial charge in [-0.2, -0.15) is 0 Å². The first kappa shape index (κ1) is 6.10. The largest absolute Gasteiger partial charge is 0.384 e. The van der Waals surface area contributed by atoms with Crippen LogP contribution in [0.5, 0.6) is 0 Å². The van der Waals surface area contributed by atoms with Gasteiger partial charge in [0.05, 0.1) is 0 Å². The van der Waals surface area contributed by atoms with Crippen LogP contribution in [0.15, 0.2) is 16.8 Å². The molecule has 9 heavy (non-hydrogen) atoms. The highest BCUT2D eigenvalue weighted by atomic mass is 16.3. The minimum absolute atomic E-state index is 0.390. The smallest absolute Gasteiger partial charge is 0.224 e. The number of aliphatic imine (C=N–C) groups is 1. The summed E-state index contributed by atoms with van der Waals surface area (Å²) in [6, 6.07) is 0. The number of aliphatic hydroxyl groups excluding tert-OH is 1. The fraction of sp³-hybridized carbons (Fsp3) is 0.400. The fourth-order valence-electron chi connectivity index (χ4n) is 0.544. The van der Waals surface area contributed by atoms with Gasteiger partial charge < -0.3 is 16.2 Å². The second-order valence-electron chi connectivity index (χ2n) is 1.88. The van der Waals surface area contributed by atoms with Crippen molar-refractivity contribution in [2.75, 3.05) is 0 Å². The van der Waals surface area contributed by atoms with Crippen molar-refractivity contribution in [2.45, 2.75) is 13.3 Å². The van der Waals surface area contributed by atoms with Crippen molar-refractivity contribution in [3.63, 3.8) is 0 Å². The lowest BCUT2D eigenvalue weighted by Crippen LogP contribution is -2.31. The molecule has 0 amide bonds. The molecule has 0 saturated heterocycles. The lowest BCUT2D eigenvalue weighted by atomic mass is 10.3. The molecule has 1 unspecified atom stereocenters. The second kappa shape index (κ2) is 2.06. The van der Waals surface area contributed by atoms with E-state index < -0.39 is 6.35 Å². The molecule has 1 rings (SSSR count). The van der Waals surface area contributed by atoms with Gasteiger partial charge in [-0.25, -0.2) is 4.99 Å². The van der Waals surface area contributed by atoms with Crippen molar-refractivity contribution in [1.82, 2.24) is 5.32 Å². The van der Waals surface area contributed by atoms with Crippen LogP contribution in [-0.2, 0) is 0 Å². The molecule has 4 nitrogen and oxygen atoms in total. The first-order valence-corrected chi connectivity index (χ1v) is 2.64.